The van der Waals surface area contributed by atoms with Crippen molar-refractivity contribution in [1.29, 1.82) is 0 Å². The number of ether oxygens (including phenoxy) is 1. The Morgan fingerprint density at radius 1 is 1.38 bits per heavy atom. The molecule has 1 aromatic heterocycles. The van der Waals surface area contributed by atoms with E-state index in [2.05, 4.69) is 36.1 Å². The molecular weight excluding hydrogens is 262 g/mol. The molecule has 1 heterocycles. The monoisotopic (exact) mass is 291 g/mol. The molecule has 1 fully saturated rings. The van der Waals surface area contributed by atoms with E-state index in [1.54, 1.807) is 0 Å². The molecule has 0 atom stereocenters. The van der Waals surface area contributed by atoms with Crippen LogP contribution >= 0.6 is 0 Å². The fraction of sp³-hybridized carbons (Fsp3) is 0.765. The van der Waals surface area contributed by atoms with Gasteiger partial charge < -0.3 is 10.1 Å². The summed E-state index contributed by atoms with van der Waals surface area (Å²) in [6.07, 6.45) is 8.27. The van der Waals surface area contributed by atoms with Gasteiger partial charge in [0.25, 0.3) is 0 Å². The van der Waals surface area contributed by atoms with E-state index in [9.17, 15) is 0 Å². The van der Waals surface area contributed by atoms with Crippen molar-refractivity contribution in [3.05, 3.63) is 17.7 Å². The summed E-state index contributed by atoms with van der Waals surface area (Å²) in [7, 11) is 0. The zero-order valence-electron chi connectivity index (χ0n) is 13.7. The van der Waals surface area contributed by atoms with Crippen molar-refractivity contribution < 1.29 is 4.74 Å². The highest BCUT2D eigenvalue weighted by Crippen LogP contribution is 2.29. The van der Waals surface area contributed by atoms with Crippen molar-refractivity contribution in [3.63, 3.8) is 0 Å². The molecule has 1 aromatic rings. The van der Waals surface area contributed by atoms with Gasteiger partial charge in [0.05, 0.1) is 18.5 Å². The van der Waals surface area contributed by atoms with Crippen LogP contribution in [-0.4, -0.2) is 23.1 Å². The number of nitrogens with one attached hydrogen (secondary N) is 1. The van der Waals surface area contributed by atoms with Gasteiger partial charge in [-0.1, -0.05) is 40.0 Å². The highest BCUT2D eigenvalue weighted by atomic mass is 16.5. The second-order valence-electron chi connectivity index (χ2n) is 6.30. The molecule has 0 aromatic carbocycles. The summed E-state index contributed by atoms with van der Waals surface area (Å²) < 4.78 is 5.94. The van der Waals surface area contributed by atoms with E-state index < -0.39 is 0 Å². The average molecular weight is 291 g/mol. The van der Waals surface area contributed by atoms with Gasteiger partial charge in [0, 0.05) is 12.5 Å². The fourth-order valence-electron chi connectivity index (χ4n) is 2.45. The number of aromatic nitrogens is 2. The lowest BCUT2D eigenvalue weighted by Crippen LogP contribution is -2.18. The van der Waals surface area contributed by atoms with E-state index in [4.69, 9.17) is 4.74 Å². The molecule has 0 aliphatic heterocycles. The molecule has 0 saturated heterocycles. The lowest BCUT2D eigenvalue weighted by atomic mass is 9.83. The molecule has 2 rings (SSSR count). The normalized spacial score (nSPS) is 15.2. The van der Waals surface area contributed by atoms with E-state index in [-0.39, 0.29) is 0 Å². The third kappa shape index (κ3) is 4.95. The van der Waals surface area contributed by atoms with Crippen molar-refractivity contribution in [1.82, 2.24) is 15.3 Å². The molecule has 21 heavy (non-hydrogen) atoms. The van der Waals surface area contributed by atoms with Gasteiger partial charge in [-0.05, 0) is 25.3 Å². The average Bonchev–Trinajstić information content (AvgIpc) is 2.42. The second kappa shape index (κ2) is 8.32. The van der Waals surface area contributed by atoms with Gasteiger partial charge in [0.15, 0.2) is 5.75 Å². The molecule has 4 nitrogen and oxygen atoms in total. The van der Waals surface area contributed by atoms with Gasteiger partial charge >= 0.3 is 0 Å². The van der Waals surface area contributed by atoms with Gasteiger partial charge in [0.2, 0.25) is 0 Å². The van der Waals surface area contributed by atoms with Gasteiger partial charge in [-0.3, -0.25) is 0 Å². The number of rotatable bonds is 9. The molecule has 0 spiro atoms. The Bertz CT molecular complexity index is 430. The molecule has 0 amide bonds. The minimum absolute atomic E-state index is 0.346. The van der Waals surface area contributed by atoms with E-state index >= 15 is 0 Å². The molecule has 1 saturated carbocycles. The maximum absolute atomic E-state index is 5.94. The van der Waals surface area contributed by atoms with Crippen LogP contribution < -0.4 is 10.1 Å². The third-order valence-electron chi connectivity index (χ3n) is 4.09. The fourth-order valence-corrected chi connectivity index (χ4v) is 2.45. The van der Waals surface area contributed by atoms with E-state index in [0.717, 1.165) is 55.7 Å². The first-order valence-electron chi connectivity index (χ1n) is 8.40. The smallest absolute Gasteiger partial charge is 0.160 e. The summed E-state index contributed by atoms with van der Waals surface area (Å²) in [4.78, 5) is 9.11. The van der Waals surface area contributed by atoms with Crippen LogP contribution in [0, 0.1) is 5.92 Å². The van der Waals surface area contributed by atoms with Gasteiger partial charge in [-0.2, -0.15) is 0 Å². The Kier molecular flexibility index (Phi) is 6.43. The third-order valence-corrected chi connectivity index (χ3v) is 4.09. The Labute approximate surface area is 128 Å². The van der Waals surface area contributed by atoms with Crippen molar-refractivity contribution in [3.8, 4) is 5.75 Å². The predicted molar refractivity (Wildman–Crippen MR) is 85.6 cm³/mol. The molecule has 1 N–H and O–H groups in total. The van der Waals surface area contributed by atoms with Crippen LogP contribution in [-0.2, 0) is 6.54 Å². The number of nitrogens with zero attached hydrogens (tertiary/aromatic N) is 2. The van der Waals surface area contributed by atoms with Crippen LogP contribution in [0.3, 0.4) is 0 Å². The van der Waals surface area contributed by atoms with Crippen LogP contribution in [0.2, 0.25) is 0 Å². The standard InChI is InChI=1S/C17H29N3O/c1-4-9-18-11-15-16(12-19-17(20-15)13(2)3)21-10-8-14-6-5-7-14/h12-14,18H,4-11H2,1-3H3. The summed E-state index contributed by atoms with van der Waals surface area (Å²) in [5.41, 5.74) is 0.996. The van der Waals surface area contributed by atoms with E-state index in [0.29, 0.717) is 5.92 Å². The minimum atomic E-state index is 0.346. The van der Waals surface area contributed by atoms with Crippen LogP contribution in [0.1, 0.15) is 70.3 Å². The summed E-state index contributed by atoms with van der Waals surface area (Å²) in [6.45, 7) is 8.96. The molecule has 0 unspecified atom stereocenters. The molecule has 118 valence electrons. The second-order valence-corrected chi connectivity index (χ2v) is 6.30. The SMILES string of the molecule is CCCNCc1nc(C(C)C)ncc1OCCC1CCC1. The summed E-state index contributed by atoms with van der Waals surface area (Å²) in [5.74, 6) is 2.97. The lowest BCUT2D eigenvalue weighted by molar-refractivity contribution is 0.219. The molecular formula is C17H29N3O. The number of hydrogen-bond donors (Lipinski definition) is 1. The van der Waals surface area contributed by atoms with Crippen molar-refractivity contribution in [2.75, 3.05) is 13.2 Å². The topological polar surface area (TPSA) is 47.0 Å². The molecule has 1 aliphatic carbocycles. The van der Waals surface area contributed by atoms with Crippen LogP contribution in [0.25, 0.3) is 0 Å². The van der Waals surface area contributed by atoms with Crippen molar-refractivity contribution in [2.45, 2.75) is 65.3 Å². The largest absolute Gasteiger partial charge is 0.490 e. The summed E-state index contributed by atoms with van der Waals surface area (Å²) in [5, 5.41) is 3.41. The molecule has 0 radical (unpaired) electrons. The predicted octanol–water partition coefficient (Wildman–Crippen LogP) is 3.67. The Balaban J connectivity index is 1.95. The summed E-state index contributed by atoms with van der Waals surface area (Å²) >= 11 is 0. The Morgan fingerprint density at radius 2 is 2.19 bits per heavy atom. The first-order chi connectivity index (χ1) is 10.2. The minimum Gasteiger partial charge on any atom is -0.490 e. The van der Waals surface area contributed by atoms with E-state index in [1.807, 2.05) is 6.20 Å². The maximum atomic E-state index is 5.94. The van der Waals surface area contributed by atoms with Crippen LogP contribution in [0.4, 0.5) is 0 Å². The lowest BCUT2D eigenvalue weighted by Gasteiger charge is -2.25. The summed E-state index contributed by atoms with van der Waals surface area (Å²) in [6, 6.07) is 0. The first-order valence-corrected chi connectivity index (χ1v) is 8.40. The van der Waals surface area contributed by atoms with Crippen LogP contribution in [0.15, 0.2) is 6.20 Å². The van der Waals surface area contributed by atoms with Gasteiger partial charge in [0.1, 0.15) is 5.82 Å². The zero-order chi connectivity index (χ0) is 15.1. The first kappa shape index (κ1) is 16.2. The highest BCUT2D eigenvalue weighted by Gasteiger charge is 2.17. The van der Waals surface area contributed by atoms with Gasteiger partial charge in [-0.15, -0.1) is 0 Å². The molecule has 0 bridgehead atoms. The van der Waals surface area contributed by atoms with E-state index in [1.165, 1.54) is 19.3 Å². The van der Waals surface area contributed by atoms with Crippen molar-refractivity contribution >= 4 is 0 Å². The Morgan fingerprint density at radius 3 is 2.81 bits per heavy atom. The number of hydrogen-bond acceptors (Lipinski definition) is 4. The zero-order valence-corrected chi connectivity index (χ0v) is 13.7. The van der Waals surface area contributed by atoms with Crippen LogP contribution in [0.5, 0.6) is 5.75 Å². The quantitative estimate of drug-likeness (QED) is 0.705. The highest BCUT2D eigenvalue weighted by molar-refractivity contribution is 5.25. The van der Waals surface area contributed by atoms with Crippen molar-refractivity contribution in [2.24, 2.45) is 5.92 Å². The Hall–Kier alpha value is -1.16. The molecule has 1 aliphatic rings. The molecule has 4 heteroatoms. The maximum Gasteiger partial charge on any atom is 0.160 e. The van der Waals surface area contributed by atoms with Gasteiger partial charge in [-0.25, -0.2) is 9.97 Å².